The number of carbonyl (C=O) groups is 1. The van der Waals surface area contributed by atoms with Crippen LogP contribution in [0.15, 0.2) is 30.3 Å². The van der Waals surface area contributed by atoms with Crippen molar-refractivity contribution in [2.24, 2.45) is 17.6 Å². The molecule has 2 N–H and O–H groups in total. The van der Waals surface area contributed by atoms with Gasteiger partial charge in [-0.05, 0) is 11.5 Å². The van der Waals surface area contributed by atoms with E-state index in [4.69, 9.17) is 11.0 Å². The highest BCUT2D eigenvalue weighted by Gasteiger charge is 2.26. The van der Waals surface area contributed by atoms with Crippen molar-refractivity contribution < 1.29 is 4.79 Å². The first-order valence-corrected chi connectivity index (χ1v) is 7.43. The van der Waals surface area contributed by atoms with Crippen LogP contribution in [-0.2, 0) is 4.79 Å². The minimum Gasteiger partial charge on any atom is -0.341 e. The molecule has 1 aromatic carbocycles. The number of hydrogen-bond donors (Lipinski definition) is 1. The molecule has 0 radical (unpaired) electrons. The number of rotatable bonds is 7. The summed E-state index contributed by atoms with van der Waals surface area (Å²) in [7, 11) is 0. The fourth-order valence-electron chi connectivity index (χ4n) is 2.32. The van der Waals surface area contributed by atoms with Crippen LogP contribution in [0.25, 0.3) is 0 Å². The SMILES string of the molecule is CC(C)CN(CCC#N)C(=O)C(C)C(N)c1ccccc1. The quantitative estimate of drug-likeness (QED) is 0.838. The fourth-order valence-corrected chi connectivity index (χ4v) is 2.32. The molecule has 0 heterocycles. The maximum Gasteiger partial charge on any atom is 0.227 e. The third-order valence-electron chi connectivity index (χ3n) is 3.50. The van der Waals surface area contributed by atoms with Gasteiger partial charge in [0.05, 0.1) is 18.4 Å². The Bertz CT molecular complexity index is 479. The van der Waals surface area contributed by atoms with Crippen molar-refractivity contribution >= 4 is 5.91 Å². The number of nitrogens with two attached hydrogens (primary N) is 1. The monoisotopic (exact) mass is 287 g/mol. The van der Waals surface area contributed by atoms with Crippen molar-refractivity contribution in [3.8, 4) is 6.07 Å². The van der Waals surface area contributed by atoms with E-state index in [0.29, 0.717) is 25.4 Å². The maximum atomic E-state index is 12.6. The van der Waals surface area contributed by atoms with Crippen molar-refractivity contribution in [3.63, 3.8) is 0 Å². The Morgan fingerprint density at radius 3 is 2.43 bits per heavy atom. The molecule has 0 aromatic heterocycles. The summed E-state index contributed by atoms with van der Waals surface area (Å²) >= 11 is 0. The zero-order valence-electron chi connectivity index (χ0n) is 13.1. The molecule has 0 aliphatic heterocycles. The molecule has 1 aromatic rings. The highest BCUT2D eigenvalue weighted by Crippen LogP contribution is 2.21. The number of nitrogens with zero attached hydrogens (tertiary/aromatic N) is 2. The second kappa shape index (κ2) is 8.43. The third-order valence-corrected chi connectivity index (χ3v) is 3.50. The van der Waals surface area contributed by atoms with Crippen molar-refractivity contribution in [2.75, 3.05) is 13.1 Å². The Morgan fingerprint density at radius 1 is 1.29 bits per heavy atom. The van der Waals surface area contributed by atoms with Crippen LogP contribution in [0, 0.1) is 23.2 Å². The second-order valence-corrected chi connectivity index (χ2v) is 5.81. The first-order chi connectivity index (χ1) is 9.97. The first kappa shape index (κ1) is 17.2. The van der Waals surface area contributed by atoms with Gasteiger partial charge in [-0.1, -0.05) is 51.1 Å². The molecule has 0 saturated heterocycles. The van der Waals surface area contributed by atoms with Crippen LogP contribution < -0.4 is 5.73 Å². The summed E-state index contributed by atoms with van der Waals surface area (Å²) in [4.78, 5) is 14.4. The van der Waals surface area contributed by atoms with E-state index in [1.54, 1.807) is 4.90 Å². The first-order valence-electron chi connectivity index (χ1n) is 7.43. The zero-order chi connectivity index (χ0) is 15.8. The predicted molar refractivity (Wildman–Crippen MR) is 84.2 cm³/mol. The lowest BCUT2D eigenvalue weighted by atomic mass is 9.94. The van der Waals surface area contributed by atoms with Crippen molar-refractivity contribution in [3.05, 3.63) is 35.9 Å². The fraction of sp³-hybridized carbons (Fsp3) is 0.529. The molecule has 0 bridgehead atoms. The van der Waals surface area contributed by atoms with Crippen LogP contribution in [0.3, 0.4) is 0 Å². The molecular formula is C17H25N3O. The minimum absolute atomic E-state index is 0.0234. The Hall–Kier alpha value is -1.86. The number of carbonyl (C=O) groups excluding carboxylic acids is 1. The van der Waals surface area contributed by atoms with E-state index in [2.05, 4.69) is 19.9 Å². The molecule has 1 rings (SSSR count). The van der Waals surface area contributed by atoms with Crippen LogP contribution in [0.1, 0.15) is 38.8 Å². The Balaban J connectivity index is 2.79. The highest BCUT2D eigenvalue weighted by atomic mass is 16.2. The van der Waals surface area contributed by atoms with Gasteiger partial charge in [-0.2, -0.15) is 5.26 Å². The number of hydrogen-bond acceptors (Lipinski definition) is 3. The van der Waals surface area contributed by atoms with Crippen LogP contribution in [-0.4, -0.2) is 23.9 Å². The van der Waals surface area contributed by atoms with Gasteiger partial charge in [-0.3, -0.25) is 4.79 Å². The second-order valence-electron chi connectivity index (χ2n) is 5.81. The van der Waals surface area contributed by atoms with Gasteiger partial charge in [0.1, 0.15) is 0 Å². The van der Waals surface area contributed by atoms with Gasteiger partial charge in [0, 0.05) is 19.1 Å². The molecule has 0 spiro atoms. The van der Waals surface area contributed by atoms with Crippen LogP contribution in [0.4, 0.5) is 0 Å². The highest BCUT2D eigenvalue weighted by molar-refractivity contribution is 5.79. The summed E-state index contributed by atoms with van der Waals surface area (Å²) in [5.74, 6) is 0.0907. The summed E-state index contributed by atoms with van der Waals surface area (Å²) in [6.07, 6.45) is 0.353. The standard InChI is InChI=1S/C17H25N3O/c1-13(2)12-20(11-7-10-18)17(21)14(3)16(19)15-8-5-4-6-9-15/h4-6,8-9,13-14,16H,7,11-12,19H2,1-3H3. The van der Waals surface area contributed by atoms with Gasteiger partial charge in [-0.25, -0.2) is 0 Å². The molecule has 1 amide bonds. The molecule has 0 aliphatic carbocycles. The number of nitriles is 1. The van der Waals surface area contributed by atoms with Gasteiger partial charge in [0.25, 0.3) is 0 Å². The van der Waals surface area contributed by atoms with Gasteiger partial charge < -0.3 is 10.6 Å². The van der Waals surface area contributed by atoms with Crippen LogP contribution in [0.2, 0.25) is 0 Å². The zero-order valence-corrected chi connectivity index (χ0v) is 13.1. The van der Waals surface area contributed by atoms with Crippen molar-refractivity contribution in [1.82, 2.24) is 4.90 Å². The average molecular weight is 287 g/mol. The summed E-state index contributed by atoms with van der Waals surface area (Å²) in [6.45, 7) is 7.12. The van der Waals surface area contributed by atoms with E-state index in [-0.39, 0.29) is 17.9 Å². The van der Waals surface area contributed by atoms with Gasteiger partial charge in [0.2, 0.25) is 5.91 Å². The van der Waals surface area contributed by atoms with Crippen molar-refractivity contribution in [2.45, 2.75) is 33.2 Å². The number of amides is 1. The van der Waals surface area contributed by atoms with E-state index < -0.39 is 0 Å². The maximum absolute atomic E-state index is 12.6. The van der Waals surface area contributed by atoms with Crippen LogP contribution >= 0.6 is 0 Å². The van der Waals surface area contributed by atoms with E-state index in [0.717, 1.165) is 5.56 Å². The topological polar surface area (TPSA) is 70.1 Å². The van der Waals surface area contributed by atoms with E-state index >= 15 is 0 Å². The van der Waals surface area contributed by atoms with E-state index in [1.165, 1.54) is 0 Å². The average Bonchev–Trinajstić information content (AvgIpc) is 2.49. The molecule has 21 heavy (non-hydrogen) atoms. The van der Waals surface area contributed by atoms with Gasteiger partial charge in [0.15, 0.2) is 0 Å². The lowest BCUT2D eigenvalue weighted by Gasteiger charge is -2.29. The normalized spacial score (nSPS) is 13.5. The molecule has 0 aliphatic rings. The molecule has 0 saturated carbocycles. The summed E-state index contributed by atoms with van der Waals surface area (Å²) in [5, 5.41) is 8.74. The predicted octanol–water partition coefficient (Wildman–Crippen LogP) is 2.72. The number of benzene rings is 1. The Labute approximate surface area is 127 Å². The lowest BCUT2D eigenvalue weighted by Crippen LogP contribution is -2.41. The Morgan fingerprint density at radius 2 is 1.90 bits per heavy atom. The summed E-state index contributed by atoms with van der Waals surface area (Å²) < 4.78 is 0. The van der Waals surface area contributed by atoms with E-state index in [1.807, 2.05) is 37.3 Å². The Kier molecular flexibility index (Phi) is 6.90. The minimum atomic E-state index is -0.324. The summed E-state index contributed by atoms with van der Waals surface area (Å²) in [5.41, 5.74) is 7.19. The van der Waals surface area contributed by atoms with E-state index in [9.17, 15) is 4.79 Å². The molecule has 0 fully saturated rings. The molecule has 2 atom stereocenters. The molecule has 4 nitrogen and oxygen atoms in total. The molecule has 2 unspecified atom stereocenters. The largest absolute Gasteiger partial charge is 0.341 e. The summed E-state index contributed by atoms with van der Waals surface area (Å²) in [6, 6.07) is 11.4. The van der Waals surface area contributed by atoms with Gasteiger partial charge >= 0.3 is 0 Å². The third kappa shape index (κ3) is 5.20. The van der Waals surface area contributed by atoms with Crippen molar-refractivity contribution in [1.29, 1.82) is 5.26 Å². The van der Waals surface area contributed by atoms with Gasteiger partial charge in [-0.15, -0.1) is 0 Å². The smallest absolute Gasteiger partial charge is 0.227 e. The lowest BCUT2D eigenvalue weighted by molar-refractivity contribution is -0.136. The molecular weight excluding hydrogens is 262 g/mol. The van der Waals surface area contributed by atoms with Crippen LogP contribution in [0.5, 0.6) is 0 Å². The molecule has 4 heteroatoms. The molecule has 114 valence electrons.